The quantitative estimate of drug-likeness (QED) is 0.556. The molecule has 5 nitrogen and oxygen atoms in total. The van der Waals surface area contributed by atoms with Crippen molar-refractivity contribution in [1.29, 1.82) is 0 Å². The summed E-state index contributed by atoms with van der Waals surface area (Å²) in [5.41, 5.74) is 0.278. The topological polar surface area (TPSA) is 54.1 Å². The van der Waals surface area contributed by atoms with E-state index in [0.29, 0.717) is 5.92 Å². The van der Waals surface area contributed by atoms with Gasteiger partial charge in [0.15, 0.2) is 12.5 Å². The normalized spacial score (nSPS) is 41.6. The average Bonchev–Trinajstić information content (AvgIpc) is 3.50. The van der Waals surface area contributed by atoms with Gasteiger partial charge < -0.3 is 14.4 Å². The Morgan fingerprint density at radius 3 is 2.62 bits per heavy atom. The first-order chi connectivity index (χ1) is 15.9. The number of allylic oxidation sites excluding steroid dienone is 3. The monoisotopic (exact) mass is 482 g/mol. The Morgan fingerprint density at radius 2 is 2.00 bits per heavy atom. The number of carbonyl (C=O) groups excluding carboxylic acids is 1. The number of hydrogen-bond donors (Lipinski definition) is 1. The van der Waals surface area contributed by atoms with E-state index in [9.17, 15) is 18.0 Å². The van der Waals surface area contributed by atoms with Crippen LogP contribution in [0.15, 0.2) is 23.3 Å². The number of hydrogen-bond acceptors (Lipinski definition) is 4. The van der Waals surface area contributed by atoms with Crippen LogP contribution in [0.3, 0.4) is 0 Å². The molecule has 1 amide bonds. The molecule has 4 fully saturated rings. The minimum absolute atomic E-state index is 0.127. The summed E-state index contributed by atoms with van der Waals surface area (Å²) in [4.78, 5) is 15.2. The number of methoxy groups -OCH3 is 1. The molecule has 0 radical (unpaired) electrons. The summed E-state index contributed by atoms with van der Waals surface area (Å²) in [7, 11) is 1.71. The van der Waals surface area contributed by atoms with E-state index in [1.807, 2.05) is 0 Å². The van der Waals surface area contributed by atoms with E-state index in [4.69, 9.17) is 9.47 Å². The molecular weight excluding hydrogens is 445 g/mol. The summed E-state index contributed by atoms with van der Waals surface area (Å²) >= 11 is 0. The Bertz CT molecular complexity index is 905. The zero-order chi connectivity index (χ0) is 24.5. The van der Waals surface area contributed by atoms with Crippen molar-refractivity contribution in [3.05, 3.63) is 23.3 Å². The number of fused-ring (bicyclic) bond motifs is 4. The number of rotatable bonds is 5. The third-order valence-electron chi connectivity index (χ3n) is 9.02. The largest absolute Gasteiger partial charge is 0.406 e. The molecule has 0 aromatic heterocycles. The lowest BCUT2D eigenvalue weighted by Gasteiger charge is -2.52. The van der Waals surface area contributed by atoms with Crippen LogP contribution in [0.1, 0.15) is 72.1 Å². The van der Waals surface area contributed by atoms with Crippen molar-refractivity contribution in [3.8, 4) is 0 Å². The summed E-state index contributed by atoms with van der Waals surface area (Å²) in [6.07, 6.45) is 5.35. The Kier molecular flexibility index (Phi) is 5.77. The minimum Gasteiger partial charge on any atom is -0.381 e. The predicted molar refractivity (Wildman–Crippen MR) is 122 cm³/mol. The number of amides is 1. The third kappa shape index (κ3) is 3.75. The number of halogens is 3. The highest BCUT2D eigenvalue weighted by Gasteiger charge is 2.75. The summed E-state index contributed by atoms with van der Waals surface area (Å²) in [5.74, 6) is 0.0951. The summed E-state index contributed by atoms with van der Waals surface area (Å²) in [6.45, 7) is 5.29. The van der Waals surface area contributed by atoms with Crippen LogP contribution in [0.2, 0.25) is 0 Å². The molecule has 1 N–H and O–H groups in total. The number of alkyl halides is 3. The van der Waals surface area contributed by atoms with Crippen molar-refractivity contribution in [3.63, 3.8) is 0 Å². The number of carbonyl (C=O) groups is 1. The zero-order valence-corrected chi connectivity index (χ0v) is 20.6. The van der Waals surface area contributed by atoms with Crippen LogP contribution >= 0.6 is 0 Å². The van der Waals surface area contributed by atoms with Crippen LogP contribution in [0.5, 0.6) is 0 Å². The molecule has 3 aliphatic carbocycles. The molecule has 5 aliphatic rings. The lowest BCUT2D eigenvalue weighted by Crippen LogP contribution is -2.71. The van der Waals surface area contributed by atoms with Gasteiger partial charge in [0.25, 0.3) is 0 Å². The van der Waals surface area contributed by atoms with Gasteiger partial charge >= 0.3 is 6.18 Å². The van der Waals surface area contributed by atoms with Crippen molar-refractivity contribution in [2.75, 3.05) is 13.7 Å². The fraction of sp³-hybridized carbons (Fsp3) is 0.808. The summed E-state index contributed by atoms with van der Waals surface area (Å²) in [5, 5.41) is 3.52. The van der Waals surface area contributed by atoms with Crippen LogP contribution in [0, 0.1) is 16.7 Å². The third-order valence-corrected chi connectivity index (χ3v) is 9.02. The van der Waals surface area contributed by atoms with Crippen molar-refractivity contribution < 1.29 is 27.4 Å². The van der Waals surface area contributed by atoms with E-state index in [-0.39, 0.29) is 11.5 Å². The Hall–Kier alpha value is -1.38. The van der Waals surface area contributed by atoms with E-state index in [1.54, 1.807) is 7.11 Å². The van der Waals surface area contributed by atoms with Crippen LogP contribution in [-0.2, 0) is 14.3 Å². The number of piperazine rings is 1. The molecule has 8 heteroatoms. The van der Waals surface area contributed by atoms with Crippen molar-refractivity contribution in [2.45, 2.75) is 102 Å². The molecule has 2 aliphatic heterocycles. The standard InChI is InChI=1S/C26H37F3N2O3/c1-16(2)5-6-17-7-10-23(3)14-24(11-8-18(33-4)9-12-24)26(19(23)13-17)22(32)31(15-25(27,28)29)21-20(30-26)34-21/h7,13,16,18,20-21,30H,5-6,8-12,14-15H2,1-4H3. The Morgan fingerprint density at radius 1 is 1.29 bits per heavy atom. The minimum atomic E-state index is -4.48. The van der Waals surface area contributed by atoms with Crippen LogP contribution < -0.4 is 5.32 Å². The van der Waals surface area contributed by atoms with Crippen molar-refractivity contribution in [1.82, 2.24) is 10.2 Å². The molecule has 0 aromatic rings. The van der Waals surface area contributed by atoms with Gasteiger partial charge in [-0.3, -0.25) is 10.1 Å². The number of nitrogens with zero attached hydrogens (tertiary/aromatic N) is 1. The highest BCUT2D eigenvalue weighted by Crippen LogP contribution is 2.68. The molecular formula is C26H37F3N2O3. The van der Waals surface area contributed by atoms with Crippen molar-refractivity contribution in [2.24, 2.45) is 16.7 Å². The van der Waals surface area contributed by atoms with Gasteiger partial charge in [0.1, 0.15) is 12.1 Å². The van der Waals surface area contributed by atoms with Gasteiger partial charge in [-0.2, -0.15) is 13.2 Å². The van der Waals surface area contributed by atoms with E-state index in [2.05, 4.69) is 38.2 Å². The van der Waals surface area contributed by atoms with Gasteiger partial charge in [-0.05, 0) is 68.3 Å². The molecule has 0 bridgehead atoms. The second kappa shape index (κ2) is 8.07. The fourth-order valence-corrected chi connectivity index (χ4v) is 7.32. The molecule has 4 atom stereocenters. The first-order valence-electron chi connectivity index (χ1n) is 12.7. The molecule has 2 heterocycles. The maximum absolute atomic E-state index is 14.3. The van der Waals surface area contributed by atoms with Gasteiger partial charge in [-0.15, -0.1) is 0 Å². The average molecular weight is 483 g/mol. The molecule has 4 unspecified atom stereocenters. The van der Waals surface area contributed by atoms with Gasteiger partial charge in [0.05, 0.1) is 6.10 Å². The van der Waals surface area contributed by atoms with E-state index in [1.165, 1.54) is 5.57 Å². The number of nitrogens with one attached hydrogen (secondary N) is 1. The molecule has 34 heavy (non-hydrogen) atoms. The van der Waals surface area contributed by atoms with Gasteiger partial charge in [0, 0.05) is 12.5 Å². The molecule has 0 aromatic carbocycles. The van der Waals surface area contributed by atoms with Crippen LogP contribution in [0.25, 0.3) is 0 Å². The SMILES string of the molecule is COC1CCC2(CC1)CC1(C)CC=C(CCC(C)C)C=C1C21NC2OC2N(CC(F)(F)F)C1=O. The van der Waals surface area contributed by atoms with Crippen LogP contribution in [0.4, 0.5) is 13.2 Å². The molecule has 190 valence electrons. The second-order valence-electron chi connectivity index (χ2n) is 11.8. The summed E-state index contributed by atoms with van der Waals surface area (Å²) in [6, 6.07) is 0. The van der Waals surface area contributed by atoms with Crippen LogP contribution in [-0.4, -0.2) is 54.7 Å². The molecule has 2 saturated heterocycles. The highest BCUT2D eigenvalue weighted by molar-refractivity contribution is 5.94. The Labute approximate surface area is 200 Å². The van der Waals surface area contributed by atoms with Gasteiger partial charge in [-0.25, -0.2) is 0 Å². The lowest BCUT2D eigenvalue weighted by atomic mass is 9.60. The van der Waals surface area contributed by atoms with E-state index < -0.39 is 42.0 Å². The predicted octanol–water partition coefficient (Wildman–Crippen LogP) is 5.08. The summed E-state index contributed by atoms with van der Waals surface area (Å²) < 4.78 is 51.9. The van der Waals surface area contributed by atoms with E-state index >= 15 is 0 Å². The van der Waals surface area contributed by atoms with E-state index in [0.717, 1.165) is 61.8 Å². The molecule has 2 saturated carbocycles. The molecule has 5 rings (SSSR count). The first kappa shape index (κ1) is 24.3. The second-order valence-corrected chi connectivity index (χ2v) is 11.8. The first-order valence-corrected chi connectivity index (χ1v) is 12.7. The van der Waals surface area contributed by atoms with Gasteiger partial charge in [0.2, 0.25) is 5.91 Å². The fourth-order valence-electron chi connectivity index (χ4n) is 7.32. The number of epoxide rings is 1. The maximum Gasteiger partial charge on any atom is 0.406 e. The Balaban J connectivity index is 1.59. The lowest BCUT2D eigenvalue weighted by molar-refractivity contribution is -0.174. The number of ether oxygens (including phenoxy) is 2. The highest BCUT2D eigenvalue weighted by atomic mass is 19.4. The zero-order valence-electron chi connectivity index (χ0n) is 20.6. The van der Waals surface area contributed by atoms with Crippen molar-refractivity contribution >= 4 is 5.91 Å². The van der Waals surface area contributed by atoms with Gasteiger partial charge in [-0.1, -0.05) is 38.5 Å². The smallest absolute Gasteiger partial charge is 0.381 e. The molecule has 2 spiro atoms. The maximum atomic E-state index is 14.3.